The molecule has 3 aliphatic rings. The highest BCUT2D eigenvalue weighted by molar-refractivity contribution is 5.88. The first-order chi connectivity index (χ1) is 31.0. The van der Waals surface area contributed by atoms with Crippen LogP contribution in [-0.4, -0.2) is 129 Å². The fourth-order valence-corrected chi connectivity index (χ4v) is 9.28. The third kappa shape index (κ3) is 10.9. The van der Waals surface area contributed by atoms with E-state index in [4.69, 9.17) is 14.6 Å². The predicted octanol–water partition coefficient (Wildman–Crippen LogP) is 6.27. The Morgan fingerprint density at radius 3 is 2.06 bits per heavy atom. The number of aromatic nitrogens is 3. The van der Waals surface area contributed by atoms with Crippen molar-refractivity contribution >= 4 is 45.7 Å². The smallest absolute Gasteiger partial charge is 0.318 e. The van der Waals surface area contributed by atoms with Gasteiger partial charge in [0, 0.05) is 68.9 Å². The van der Waals surface area contributed by atoms with Crippen molar-refractivity contribution in [1.82, 2.24) is 39.3 Å². The first kappa shape index (κ1) is 47.7. The number of nitrogens with zero attached hydrogens (tertiary/aromatic N) is 7. The van der Waals surface area contributed by atoms with Crippen LogP contribution in [0.2, 0.25) is 0 Å². The van der Waals surface area contributed by atoms with E-state index in [0.717, 1.165) is 66.4 Å². The van der Waals surface area contributed by atoms with Gasteiger partial charge in [-0.3, -0.25) is 28.6 Å². The maximum Gasteiger partial charge on any atom is 0.318 e. The van der Waals surface area contributed by atoms with Crippen LogP contribution < -0.4 is 10.9 Å². The van der Waals surface area contributed by atoms with Gasteiger partial charge in [-0.15, -0.1) is 0 Å². The number of urea groups is 1. The molecule has 1 atom stereocenters. The van der Waals surface area contributed by atoms with Crippen LogP contribution in [0, 0.1) is 17.8 Å². The summed E-state index contributed by atoms with van der Waals surface area (Å²) in [7, 11) is 2.17. The Kier molecular flexibility index (Phi) is 14.7. The Morgan fingerprint density at radius 1 is 0.785 bits per heavy atom. The number of rotatable bonds is 14. The van der Waals surface area contributed by atoms with E-state index in [1.807, 2.05) is 102 Å². The van der Waals surface area contributed by atoms with Crippen LogP contribution in [0.3, 0.4) is 0 Å². The van der Waals surface area contributed by atoms with Crippen LogP contribution in [-0.2, 0) is 43.7 Å². The number of piperazine rings is 1. The number of pyridine rings is 1. The highest BCUT2D eigenvalue weighted by atomic mass is 16.5. The van der Waals surface area contributed by atoms with Crippen molar-refractivity contribution in [3.05, 3.63) is 75.7 Å². The van der Waals surface area contributed by atoms with Gasteiger partial charge in [0.25, 0.3) is 5.56 Å². The monoisotopic (exact) mass is 895 g/mol. The molecule has 0 saturated carbocycles. The molecular weight excluding hydrogens is 825 g/mol. The second kappa shape index (κ2) is 20.1. The van der Waals surface area contributed by atoms with Gasteiger partial charge in [0.2, 0.25) is 5.91 Å². The van der Waals surface area contributed by atoms with Gasteiger partial charge in [0.05, 0.1) is 21.9 Å². The summed E-state index contributed by atoms with van der Waals surface area (Å²) in [5, 5.41) is 9.60. The molecule has 0 radical (unpaired) electrons. The fourth-order valence-electron chi connectivity index (χ4n) is 9.28. The lowest BCUT2D eigenvalue weighted by molar-refractivity contribution is -0.159. The van der Waals surface area contributed by atoms with Crippen molar-refractivity contribution in [3.63, 3.8) is 0 Å². The molecule has 15 heteroatoms. The number of esters is 2. The first-order valence-corrected chi connectivity index (χ1v) is 23.7. The minimum absolute atomic E-state index is 0.00688. The SMILES string of the molecule is CCC(C)(C)C(=O)OCn1cc2cc(CC(NC(=O)N3CCC(c4cc5ccccc5n(COC(=O)C(C)(C)CC)c4=O)CC3)C(=O)N3CCN(C4CCN(C)CC4)CC3)cc(C)c2n1. The lowest BCUT2D eigenvalue weighted by Crippen LogP contribution is -2.59. The number of likely N-dealkylation sites (tertiary alicyclic amines) is 2. The average molecular weight is 895 g/mol. The molecule has 3 aliphatic heterocycles. The average Bonchev–Trinajstić information content (AvgIpc) is 3.73. The summed E-state index contributed by atoms with van der Waals surface area (Å²) >= 11 is 0. The van der Waals surface area contributed by atoms with Gasteiger partial charge >= 0.3 is 18.0 Å². The van der Waals surface area contributed by atoms with Gasteiger partial charge in [0.1, 0.15) is 6.04 Å². The second-order valence-electron chi connectivity index (χ2n) is 19.9. The zero-order chi connectivity index (χ0) is 46.6. The molecule has 3 saturated heterocycles. The summed E-state index contributed by atoms with van der Waals surface area (Å²) in [6.45, 7) is 18.8. The molecular formula is C50H70N8O7. The molecule has 7 rings (SSSR count). The number of ether oxygens (including phenoxy) is 2. The van der Waals surface area contributed by atoms with Gasteiger partial charge in [0.15, 0.2) is 13.5 Å². The van der Waals surface area contributed by atoms with Crippen molar-refractivity contribution in [2.75, 3.05) is 59.4 Å². The van der Waals surface area contributed by atoms with E-state index in [2.05, 4.69) is 22.2 Å². The summed E-state index contributed by atoms with van der Waals surface area (Å²) < 4.78 is 14.5. The van der Waals surface area contributed by atoms with Gasteiger partial charge in [-0.05, 0) is 134 Å². The zero-order valence-corrected chi connectivity index (χ0v) is 39.9. The van der Waals surface area contributed by atoms with Gasteiger partial charge < -0.3 is 29.5 Å². The van der Waals surface area contributed by atoms with E-state index in [0.29, 0.717) is 69.0 Å². The van der Waals surface area contributed by atoms with E-state index in [-0.39, 0.29) is 55.2 Å². The second-order valence-corrected chi connectivity index (χ2v) is 19.9. The Morgan fingerprint density at radius 2 is 1.42 bits per heavy atom. The van der Waals surface area contributed by atoms with Gasteiger partial charge in [-0.25, -0.2) is 9.48 Å². The number of para-hydroxylation sites is 1. The lowest BCUT2D eigenvalue weighted by atomic mass is 9.89. The van der Waals surface area contributed by atoms with Crippen LogP contribution in [0.15, 0.2) is 53.5 Å². The van der Waals surface area contributed by atoms with Crippen LogP contribution in [0.4, 0.5) is 4.79 Å². The molecule has 5 heterocycles. The van der Waals surface area contributed by atoms with Crippen LogP contribution >= 0.6 is 0 Å². The molecule has 352 valence electrons. The summed E-state index contributed by atoms with van der Waals surface area (Å²) in [6.07, 6.45) is 6.78. The topological polar surface area (TPSA) is 152 Å². The number of hydrogen-bond acceptors (Lipinski definition) is 10. The number of nitrogens with one attached hydrogen (secondary N) is 1. The fraction of sp³-hybridized carbons (Fsp3) is 0.600. The normalized spacial score (nSPS) is 18.0. The lowest BCUT2D eigenvalue weighted by Gasteiger charge is -2.43. The Balaban J connectivity index is 1.06. The quantitative estimate of drug-likeness (QED) is 0.144. The van der Waals surface area contributed by atoms with E-state index >= 15 is 0 Å². The minimum Gasteiger partial charge on any atom is -0.443 e. The number of benzene rings is 2. The molecule has 1 unspecified atom stereocenters. The maximum absolute atomic E-state index is 14.6. The number of aryl methyl sites for hydroxylation is 1. The Hall–Kier alpha value is -5.28. The third-order valence-electron chi connectivity index (χ3n) is 14.6. The van der Waals surface area contributed by atoms with Crippen molar-refractivity contribution in [3.8, 4) is 0 Å². The van der Waals surface area contributed by atoms with Gasteiger partial charge in [-0.1, -0.05) is 38.1 Å². The van der Waals surface area contributed by atoms with Crippen LogP contribution in [0.25, 0.3) is 21.8 Å². The number of carbonyl (C=O) groups is 4. The number of hydrogen-bond donors (Lipinski definition) is 1. The first-order valence-electron chi connectivity index (χ1n) is 23.7. The van der Waals surface area contributed by atoms with Crippen molar-refractivity contribution in [1.29, 1.82) is 0 Å². The molecule has 0 spiro atoms. The molecule has 3 amide bonds. The van der Waals surface area contributed by atoms with Gasteiger partial charge in [-0.2, -0.15) is 5.10 Å². The maximum atomic E-state index is 14.6. The highest BCUT2D eigenvalue weighted by Crippen LogP contribution is 2.30. The molecule has 1 N–H and O–H groups in total. The summed E-state index contributed by atoms with van der Waals surface area (Å²) in [4.78, 5) is 77.1. The molecule has 65 heavy (non-hydrogen) atoms. The minimum atomic E-state index is -0.813. The van der Waals surface area contributed by atoms with E-state index < -0.39 is 16.9 Å². The standard InChI is InChI=1S/C50H70N8O7/c1-9-49(4,5)46(61)64-32-57-31-38-28-35(27-34(3)43(38)52-57)29-41(45(60)55-25-23-54(24-26-55)39-17-19-53(8)20-18-39)51-48(63)56-21-15-36(16-22-56)40-30-37-13-11-12-14-42(37)58(44(40)59)33-65-47(62)50(6,7)10-2/h11-14,27-28,30-31,36,39,41H,9-10,15-26,29,32-33H2,1-8H3,(H,51,63). The number of fused-ring (bicyclic) bond motifs is 2. The molecule has 3 fully saturated rings. The zero-order valence-electron chi connectivity index (χ0n) is 39.9. The molecule has 15 nitrogen and oxygen atoms in total. The summed E-state index contributed by atoms with van der Waals surface area (Å²) in [5.74, 6) is -0.852. The summed E-state index contributed by atoms with van der Waals surface area (Å²) in [6, 6.07) is 13.0. The van der Waals surface area contributed by atoms with Crippen molar-refractivity contribution in [2.45, 2.75) is 125 Å². The van der Waals surface area contributed by atoms with Crippen LogP contribution in [0.5, 0.6) is 0 Å². The molecule has 0 aliphatic carbocycles. The number of amides is 3. The Labute approximate surface area is 383 Å². The van der Waals surface area contributed by atoms with E-state index in [9.17, 15) is 24.0 Å². The third-order valence-corrected chi connectivity index (χ3v) is 14.6. The number of carbonyl (C=O) groups excluding carboxylic acids is 4. The van der Waals surface area contributed by atoms with E-state index in [1.54, 1.807) is 14.1 Å². The molecule has 0 bridgehead atoms. The number of piperidine rings is 2. The van der Waals surface area contributed by atoms with E-state index in [1.165, 1.54) is 0 Å². The highest BCUT2D eigenvalue weighted by Gasteiger charge is 2.35. The molecule has 4 aromatic rings. The molecule has 2 aromatic heterocycles. The van der Waals surface area contributed by atoms with Crippen LogP contribution in [0.1, 0.15) is 103 Å². The van der Waals surface area contributed by atoms with Crippen molar-refractivity contribution < 1.29 is 28.7 Å². The molecule has 2 aromatic carbocycles. The predicted molar refractivity (Wildman–Crippen MR) is 251 cm³/mol. The largest absolute Gasteiger partial charge is 0.443 e. The van der Waals surface area contributed by atoms with Crippen molar-refractivity contribution in [2.24, 2.45) is 10.8 Å². The Bertz CT molecular complexity index is 2420. The summed E-state index contributed by atoms with van der Waals surface area (Å²) in [5.41, 5.74) is 2.45.